The smallest absolute Gasteiger partial charge is 0.323 e. The first-order chi connectivity index (χ1) is 4.57. The highest BCUT2D eigenvalue weighted by molar-refractivity contribution is 7.80. The zero-order valence-corrected chi connectivity index (χ0v) is 6.31. The Morgan fingerprint density at radius 1 is 1.90 bits per heavy atom. The number of rotatable bonds is 2. The number of carbonyl (C=O) groups is 1. The van der Waals surface area contributed by atoms with Crippen LogP contribution in [0.5, 0.6) is 0 Å². The molecule has 0 fully saturated rings. The Morgan fingerprint density at radius 2 is 2.40 bits per heavy atom. The van der Waals surface area contributed by atoms with E-state index in [-0.39, 0.29) is 11.7 Å². The van der Waals surface area contributed by atoms with Crippen molar-refractivity contribution in [1.29, 1.82) is 0 Å². The maximum absolute atomic E-state index is 10.1. The molecule has 0 aliphatic carbocycles. The summed E-state index contributed by atoms with van der Waals surface area (Å²) in [7, 11) is 1.54. The van der Waals surface area contributed by atoms with Crippen LogP contribution in [0.4, 0.5) is 0 Å². The minimum Gasteiger partial charge on any atom is -0.480 e. The van der Waals surface area contributed by atoms with E-state index < -0.39 is 5.97 Å². The monoisotopic (exact) mass is 163 g/mol. The zero-order valence-electron chi connectivity index (χ0n) is 5.50. The predicted octanol–water partition coefficient (Wildman–Crippen LogP) is -1.25. The van der Waals surface area contributed by atoms with E-state index in [0.29, 0.717) is 0 Å². The van der Waals surface area contributed by atoms with Crippen molar-refractivity contribution in [3.63, 3.8) is 0 Å². The van der Waals surface area contributed by atoms with Gasteiger partial charge in [0.05, 0.1) is 0 Å². The van der Waals surface area contributed by atoms with Crippen LogP contribution in [-0.2, 0) is 4.79 Å². The fraction of sp³-hybridized carbons (Fsp3) is 0.500. The van der Waals surface area contributed by atoms with Gasteiger partial charge in [-0.05, 0) is 12.2 Å². The van der Waals surface area contributed by atoms with E-state index in [1.807, 2.05) is 0 Å². The summed E-state index contributed by atoms with van der Waals surface area (Å²) in [4.78, 5) is 11.4. The van der Waals surface area contributed by atoms with Crippen LogP contribution in [0.15, 0.2) is 0 Å². The summed E-state index contributed by atoms with van der Waals surface area (Å²) in [6, 6.07) is 0. The third-order valence-electron chi connectivity index (χ3n) is 0.843. The largest absolute Gasteiger partial charge is 0.480 e. The summed E-state index contributed by atoms with van der Waals surface area (Å²) in [5, 5.41) is 8.47. The van der Waals surface area contributed by atoms with Crippen LogP contribution in [0.3, 0.4) is 0 Å². The number of nitrogens with one attached hydrogen (secondary N) is 1. The normalized spacial score (nSPS) is 8.60. The molecule has 0 aromatic heterocycles. The second-order valence-corrected chi connectivity index (χ2v) is 2.09. The molecular weight excluding hydrogens is 154 g/mol. The molecule has 0 aromatic rings. The van der Waals surface area contributed by atoms with Gasteiger partial charge in [-0.15, -0.1) is 0 Å². The van der Waals surface area contributed by atoms with E-state index in [1.165, 1.54) is 11.9 Å². The van der Waals surface area contributed by atoms with E-state index in [9.17, 15) is 4.79 Å². The Labute approximate surface area is 63.8 Å². The molecule has 0 aliphatic heterocycles. The number of nitrogens with two attached hydrogens (primary N) is 1. The van der Waals surface area contributed by atoms with Gasteiger partial charge in [-0.2, -0.15) is 0 Å². The van der Waals surface area contributed by atoms with Crippen molar-refractivity contribution >= 4 is 23.3 Å². The number of carboxylic acids is 1. The van der Waals surface area contributed by atoms with E-state index in [0.717, 1.165) is 0 Å². The van der Waals surface area contributed by atoms with Crippen LogP contribution in [0.25, 0.3) is 0 Å². The second kappa shape index (κ2) is 4.02. The summed E-state index contributed by atoms with van der Waals surface area (Å²) in [5.74, 6) is 3.98. The van der Waals surface area contributed by atoms with Crippen molar-refractivity contribution in [2.45, 2.75) is 0 Å². The predicted molar refractivity (Wildman–Crippen MR) is 40.2 cm³/mol. The van der Waals surface area contributed by atoms with Crippen molar-refractivity contribution in [3.8, 4) is 0 Å². The maximum atomic E-state index is 10.1. The average molecular weight is 163 g/mol. The molecule has 0 bridgehead atoms. The first-order valence-corrected chi connectivity index (χ1v) is 2.92. The Kier molecular flexibility index (Phi) is 3.67. The van der Waals surface area contributed by atoms with Crippen LogP contribution < -0.4 is 11.3 Å². The lowest BCUT2D eigenvalue weighted by Gasteiger charge is -2.15. The minimum atomic E-state index is -0.944. The number of likely N-dealkylation sites (N-methyl/N-ethyl adjacent to an activating group) is 1. The lowest BCUT2D eigenvalue weighted by Crippen LogP contribution is -2.43. The molecule has 0 spiro atoms. The molecule has 10 heavy (non-hydrogen) atoms. The molecule has 5 nitrogen and oxygen atoms in total. The van der Waals surface area contributed by atoms with Gasteiger partial charge in [0.2, 0.25) is 0 Å². The highest BCUT2D eigenvalue weighted by Gasteiger charge is 2.05. The van der Waals surface area contributed by atoms with Crippen molar-refractivity contribution in [1.82, 2.24) is 10.3 Å². The number of aliphatic carboxylic acids is 1. The molecule has 0 amide bonds. The quantitative estimate of drug-likeness (QED) is 0.268. The third kappa shape index (κ3) is 3.21. The standard InChI is InChI=1S/C4H9N3O2S/c1-7(2-3(8)9)4(10)6-5/h2,5H2,1H3,(H,6,10)(H,8,9). The molecule has 58 valence electrons. The first-order valence-electron chi connectivity index (χ1n) is 2.51. The van der Waals surface area contributed by atoms with Gasteiger partial charge >= 0.3 is 5.97 Å². The Morgan fingerprint density at radius 3 is 2.70 bits per heavy atom. The molecule has 0 saturated heterocycles. The Hall–Kier alpha value is -0.880. The van der Waals surface area contributed by atoms with Gasteiger partial charge in [-0.25, -0.2) is 5.84 Å². The number of hydrogen-bond acceptors (Lipinski definition) is 3. The maximum Gasteiger partial charge on any atom is 0.323 e. The summed E-state index contributed by atoms with van der Waals surface area (Å²) < 4.78 is 0. The average Bonchev–Trinajstić information content (AvgIpc) is 1.85. The van der Waals surface area contributed by atoms with Crippen molar-refractivity contribution < 1.29 is 9.90 Å². The van der Waals surface area contributed by atoms with Crippen molar-refractivity contribution in [2.75, 3.05) is 13.6 Å². The van der Waals surface area contributed by atoms with E-state index in [1.54, 1.807) is 0 Å². The minimum absolute atomic E-state index is 0.150. The highest BCUT2D eigenvalue weighted by atomic mass is 32.1. The van der Waals surface area contributed by atoms with Gasteiger partial charge in [-0.1, -0.05) is 0 Å². The number of thiocarbonyl (C=S) groups is 1. The molecule has 0 radical (unpaired) electrons. The number of carboxylic acid groups (broad SMARTS) is 1. The van der Waals surface area contributed by atoms with Crippen molar-refractivity contribution in [2.24, 2.45) is 5.84 Å². The summed E-state index contributed by atoms with van der Waals surface area (Å²) in [6.45, 7) is -0.150. The van der Waals surface area contributed by atoms with E-state index >= 15 is 0 Å². The van der Waals surface area contributed by atoms with Crippen LogP contribution in [0, 0.1) is 0 Å². The fourth-order valence-corrected chi connectivity index (χ4v) is 0.449. The molecular formula is C4H9N3O2S. The fourth-order valence-electron chi connectivity index (χ4n) is 0.385. The van der Waals surface area contributed by atoms with Crippen LogP contribution in [0.1, 0.15) is 0 Å². The van der Waals surface area contributed by atoms with Crippen LogP contribution in [-0.4, -0.2) is 34.7 Å². The zero-order chi connectivity index (χ0) is 8.15. The highest BCUT2D eigenvalue weighted by Crippen LogP contribution is 1.81. The summed E-state index contributed by atoms with van der Waals surface area (Å²) >= 11 is 4.62. The molecule has 6 heteroatoms. The Bertz CT molecular complexity index is 149. The summed E-state index contributed by atoms with van der Waals surface area (Å²) in [5.41, 5.74) is 2.16. The molecule has 0 aromatic carbocycles. The lowest BCUT2D eigenvalue weighted by atomic mass is 10.6. The van der Waals surface area contributed by atoms with Gasteiger partial charge in [-0.3, -0.25) is 4.79 Å². The number of hydrazine groups is 1. The Balaban J connectivity index is 3.72. The molecule has 0 aliphatic rings. The molecule has 0 unspecified atom stereocenters. The topological polar surface area (TPSA) is 78.6 Å². The van der Waals surface area contributed by atoms with E-state index in [4.69, 9.17) is 10.9 Å². The van der Waals surface area contributed by atoms with Crippen LogP contribution in [0.2, 0.25) is 0 Å². The molecule has 0 atom stereocenters. The third-order valence-corrected chi connectivity index (χ3v) is 1.27. The SMILES string of the molecule is CN(CC(=O)O)C(=S)NN. The van der Waals surface area contributed by atoms with E-state index in [2.05, 4.69) is 17.6 Å². The van der Waals surface area contributed by atoms with Gasteiger partial charge in [0.25, 0.3) is 0 Å². The number of hydrogen-bond donors (Lipinski definition) is 3. The molecule has 0 heterocycles. The molecule has 0 rings (SSSR count). The lowest BCUT2D eigenvalue weighted by molar-refractivity contribution is -0.137. The first kappa shape index (κ1) is 9.12. The number of nitrogens with zero attached hydrogens (tertiary/aromatic N) is 1. The van der Waals surface area contributed by atoms with Gasteiger partial charge in [0.1, 0.15) is 6.54 Å². The molecule has 0 saturated carbocycles. The van der Waals surface area contributed by atoms with Crippen LogP contribution >= 0.6 is 12.2 Å². The second-order valence-electron chi connectivity index (χ2n) is 1.70. The van der Waals surface area contributed by atoms with Crippen molar-refractivity contribution in [3.05, 3.63) is 0 Å². The summed E-state index contributed by atoms with van der Waals surface area (Å²) in [6.07, 6.45) is 0. The van der Waals surface area contributed by atoms with Gasteiger partial charge in [0, 0.05) is 7.05 Å². The van der Waals surface area contributed by atoms with Gasteiger partial charge < -0.3 is 15.4 Å². The van der Waals surface area contributed by atoms with Gasteiger partial charge in [0.15, 0.2) is 5.11 Å². The molecule has 4 N–H and O–H groups in total.